The van der Waals surface area contributed by atoms with Crippen molar-refractivity contribution >= 4 is 11.8 Å². The van der Waals surface area contributed by atoms with Crippen molar-refractivity contribution in [1.82, 2.24) is 10.2 Å². The van der Waals surface area contributed by atoms with Crippen LogP contribution in [0.3, 0.4) is 0 Å². The van der Waals surface area contributed by atoms with Crippen molar-refractivity contribution in [3.05, 3.63) is 30.3 Å². The highest BCUT2D eigenvalue weighted by molar-refractivity contribution is 5.78. The summed E-state index contributed by atoms with van der Waals surface area (Å²) < 4.78 is 5.68. The molecule has 4 rings (SSSR count). The van der Waals surface area contributed by atoms with Crippen molar-refractivity contribution < 1.29 is 14.3 Å². The fourth-order valence-electron chi connectivity index (χ4n) is 5.03. The van der Waals surface area contributed by atoms with E-state index in [9.17, 15) is 9.59 Å². The Morgan fingerprint density at radius 1 is 1.11 bits per heavy atom. The zero-order valence-electron chi connectivity index (χ0n) is 16.7. The monoisotopic (exact) mass is 384 g/mol. The van der Waals surface area contributed by atoms with Crippen LogP contribution in [0.4, 0.5) is 0 Å². The molecule has 1 N–H and O–H groups in total. The highest BCUT2D eigenvalue weighted by Gasteiger charge is 2.47. The Morgan fingerprint density at radius 3 is 2.57 bits per heavy atom. The highest BCUT2D eigenvalue weighted by Crippen LogP contribution is 2.49. The van der Waals surface area contributed by atoms with Crippen molar-refractivity contribution in [1.29, 1.82) is 0 Å². The number of hydrogen-bond donors (Lipinski definition) is 1. The van der Waals surface area contributed by atoms with Gasteiger partial charge < -0.3 is 15.0 Å². The number of nitrogens with zero attached hydrogens (tertiary/aromatic N) is 1. The predicted molar refractivity (Wildman–Crippen MR) is 108 cm³/mol. The lowest BCUT2D eigenvalue weighted by Gasteiger charge is -2.38. The molecule has 3 fully saturated rings. The second-order valence-corrected chi connectivity index (χ2v) is 8.88. The summed E-state index contributed by atoms with van der Waals surface area (Å²) in [6, 6.07) is 9.94. The third-order valence-corrected chi connectivity index (χ3v) is 6.78. The molecule has 0 bridgehead atoms. The second kappa shape index (κ2) is 8.54. The number of rotatable bonds is 7. The van der Waals surface area contributed by atoms with Crippen LogP contribution in [-0.4, -0.2) is 42.5 Å². The van der Waals surface area contributed by atoms with Crippen molar-refractivity contribution in [2.75, 3.05) is 19.7 Å². The van der Waals surface area contributed by atoms with E-state index in [4.69, 9.17) is 4.74 Å². The van der Waals surface area contributed by atoms with Gasteiger partial charge in [0, 0.05) is 25.6 Å². The van der Waals surface area contributed by atoms with Gasteiger partial charge in [-0.05, 0) is 55.6 Å². The maximum absolute atomic E-state index is 12.8. The van der Waals surface area contributed by atoms with E-state index in [0.717, 1.165) is 38.1 Å². The van der Waals surface area contributed by atoms with Crippen LogP contribution < -0.4 is 10.1 Å². The van der Waals surface area contributed by atoms with Crippen molar-refractivity contribution in [3.63, 3.8) is 0 Å². The number of para-hydroxylation sites is 1. The molecule has 1 spiro atoms. The van der Waals surface area contributed by atoms with Crippen LogP contribution in [0.1, 0.15) is 57.8 Å². The minimum Gasteiger partial charge on any atom is -0.484 e. The minimum absolute atomic E-state index is 0.0683. The second-order valence-electron chi connectivity index (χ2n) is 8.88. The number of nitrogens with one attached hydrogen (secondary N) is 1. The molecular weight excluding hydrogens is 352 g/mol. The SMILES string of the molecule is O=C(CCC1CN(C(=O)COc2ccccc2)CC12CCCCC2)NC1CC1. The quantitative estimate of drug-likeness (QED) is 0.782. The lowest BCUT2D eigenvalue weighted by Crippen LogP contribution is -2.36. The molecule has 1 saturated heterocycles. The first kappa shape index (κ1) is 19.3. The Labute approximate surface area is 167 Å². The van der Waals surface area contributed by atoms with Gasteiger partial charge in [0.15, 0.2) is 6.61 Å². The topological polar surface area (TPSA) is 58.6 Å². The standard InChI is InChI=1S/C23H32N2O3/c26-21(24-19-10-11-19)12-9-18-15-25(17-23(18)13-5-2-6-14-23)22(27)16-28-20-7-3-1-4-8-20/h1,3-4,7-8,18-19H,2,5-6,9-17H2,(H,24,26). The molecule has 1 aromatic rings. The van der Waals surface area contributed by atoms with E-state index in [-0.39, 0.29) is 23.8 Å². The molecule has 1 heterocycles. The van der Waals surface area contributed by atoms with E-state index in [1.54, 1.807) is 0 Å². The van der Waals surface area contributed by atoms with Crippen molar-refractivity contribution in [2.45, 2.75) is 63.8 Å². The number of hydrogen-bond acceptors (Lipinski definition) is 3. The normalized spacial score (nSPS) is 23.6. The zero-order valence-corrected chi connectivity index (χ0v) is 16.7. The molecule has 1 atom stereocenters. The first-order valence-electron chi connectivity index (χ1n) is 10.9. The lowest BCUT2D eigenvalue weighted by atomic mass is 9.66. The number of benzene rings is 1. The molecule has 5 nitrogen and oxygen atoms in total. The largest absolute Gasteiger partial charge is 0.484 e. The summed E-state index contributed by atoms with van der Waals surface area (Å²) >= 11 is 0. The molecule has 2 amide bonds. The lowest BCUT2D eigenvalue weighted by molar-refractivity contribution is -0.132. The Kier molecular flexibility index (Phi) is 5.88. The van der Waals surface area contributed by atoms with Gasteiger partial charge in [-0.1, -0.05) is 37.5 Å². The average molecular weight is 385 g/mol. The summed E-state index contributed by atoms with van der Waals surface area (Å²) in [5.41, 5.74) is 0.209. The predicted octanol–water partition coefficient (Wildman–Crippen LogP) is 3.53. The maximum Gasteiger partial charge on any atom is 0.260 e. The minimum atomic E-state index is 0.0683. The Morgan fingerprint density at radius 2 is 1.86 bits per heavy atom. The molecule has 1 unspecified atom stereocenters. The molecule has 1 aromatic carbocycles. The molecule has 0 aromatic heterocycles. The molecule has 2 saturated carbocycles. The first-order chi connectivity index (χ1) is 13.6. The summed E-state index contributed by atoms with van der Waals surface area (Å²) in [6.07, 6.45) is 9.89. The smallest absolute Gasteiger partial charge is 0.260 e. The Bertz CT molecular complexity index is 680. The van der Waals surface area contributed by atoms with Crippen molar-refractivity contribution in [2.24, 2.45) is 11.3 Å². The zero-order chi connectivity index (χ0) is 19.4. The molecule has 3 aliphatic rings. The van der Waals surface area contributed by atoms with Gasteiger partial charge in [0.1, 0.15) is 5.75 Å². The average Bonchev–Trinajstić information content (AvgIpc) is 3.47. The summed E-state index contributed by atoms with van der Waals surface area (Å²) in [4.78, 5) is 27.0. The van der Waals surface area contributed by atoms with Gasteiger partial charge in [0.25, 0.3) is 5.91 Å². The Balaban J connectivity index is 1.34. The number of likely N-dealkylation sites (tertiary alicyclic amines) is 1. The van der Waals surface area contributed by atoms with E-state index < -0.39 is 0 Å². The van der Waals surface area contributed by atoms with Crippen molar-refractivity contribution in [3.8, 4) is 5.75 Å². The van der Waals surface area contributed by atoms with Gasteiger partial charge in [-0.3, -0.25) is 9.59 Å². The molecular formula is C23H32N2O3. The van der Waals surface area contributed by atoms with Crippen LogP contribution in [0, 0.1) is 11.3 Å². The van der Waals surface area contributed by atoms with E-state index in [2.05, 4.69) is 5.32 Å². The van der Waals surface area contributed by atoms with Gasteiger partial charge >= 0.3 is 0 Å². The third-order valence-electron chi connectivity index (χ3n) is 6.78. The van der Waals surface area contributed by atoms with Crippen LogP contribution in [0.2, 0.25) is 0 Å². The fraction of sp³-hybridized carbons (Fsp3) is 0.652. The third kappa shape index (κ3) is 4.68. The maximum atomic E-state index is 12.8. The van der Waals surface area contributed by atoms with Gasteiger partial charge in [-0.15, -0.1) is 0 Å². The van der Waals surface area contributed by atoms with E-state index in [1.165, 1.54) is 32.1 Å². The first-order valence-corrected chi connectivity index (χ1v) is 10.9. The van der Waals surface area contributed by atoms with Gasteiger partial charge in [0.05, 0.1) is 0 Å². The fourth-order valence-corrected chi connectivity index (χ4v) is 5.03. The number of carbonyl (C=O) groups excluding carboxylic acids is 2. The molecule has 0 radical (unpaired) electrons. The van der Waals surface area contributed by atoms with Crippen LogP contribution in [0.5, 0.6) is 5.75 Å². The molecule has 1 aliphatic heterocycles. The number of amides is 2. The highest BCUT2D eigenvalue weighted by atomic mass is 16.5. The summed E-state index contributed by atoms with van der Waals surface area (Å²) in [7, 11) is 0. The summed E-state index contributed by atoms with van der Waals surface area (Å²) in [5, 5.41) is 3.10. The molecule has 28 heavy (non-hydrogen) atoms. The number of ether oxygens (including phenoxy) is 1. The van der Waals surface area contributed by atoms with E-state index in [0.29, 0.717) is 18.4 Å². The van der Waals surface area contributed by atoms with Gasteiger partial charge in [0.2, 0.25) is 5.91 Å². The Hall–Kier alpha value is -2.04. The summed E-state index contributed by atoms with van der Waals surface area (Å²) in [5.74, 6) is 1.42. The van der Waals surface area contributed by atoms with Crippen LogP contribution in [0.25, 0.3) is 0 Å². The van der Waals surface area contributed by atoms with Gasteiger partial charge in [-0.25, -0.2) is 0 Å². The van der Waals surface area contributed by atoms with Crippen LogP contribution >= 0.6 is 0 Å². The summed E-state index contributed by atoms with van der Waals surface area (Å²) in [6.45, 7) is 1.70. The molecule has 2 aliphatic carbocycles. The van der Waals surface area contributed by atoms with E-state index in [1.807, 2.05) is 35.2 Å². The molecule has 152 valence electrons. The molecule has 5 heteroatoms. The number of carbonyl (C=O) groups is 2. The van der Waals surface area contributed by atoms with E-state index >= 15 is 0 Å². The van der Waals surface area contributed by atoms with Crippen LogP contribution in [0.15, 0.2) is 30.3 Å². The van der Waals surface area contributed by atoms with Crippen LogP contribution in [-0.2, 0) is 9.59 Å². The van der Waals surface area contributed by atoms with Gasteiger partial charge in [-0.2, -0.15) is 0 Å².